The minimum absolute atomic E-state index is 0.447. The van der Waals surface area contributed by atoms with Gasteiger partial charge in [-0.2, -0.15) is 0 Å². The Morgan fingerprint density at radius 1 is 1.18 bits per heavy atom. The lowest BCUT2D eigenvalue weighted by Crippen LogP contribution is -2.42. The average molecular weight is 321 g/mol. The quantitative estimate of drug-likeness (QED) is 0.795. The van der Waals surface area contributed by atoms with Gasteiger partial charge in [0.1, 0.15) is 0 Å². The third-order valence-corrected chi connectivity index (χ3v) is 6.28. The van der Waals surface area contributed by atoms with Gasteiger partial charge in [-0.25, -0.2) is 0 Å². The van der Waals surface area contributed by atoms with E-state index in [1.165, 1.54) is 31.2 Å². The van der Waals surface area contributed by atoms with Crippen LogP contribution >= 0.6 is 11.6 Å². The molecule has 2 nitrogen and oxygen atoms in total. The Balaban J connectivity index is 1.83. The summed E-state index contributed by atoms with van der Waals surface area (Å²) in [6.07, 6.45) is 7.27. The van der Waals surface area contributed by atoms with Gasteiger partial charge in [0.2, 0.25) is 0 Å². The Morgan fingerprint density at radius 2 is 1.82 bits per heavy atom. The van der Waals surface area contributed by atoms with Crippen molar-refractivity contribution in [1.82, 2.24) is 0 Å². The minimum atomic E-state index is -0.706. The van der Waals surface area contributed by atoms with Crippen molar-refractivity contribution in [1.29, 1.82) is 0 Å². The Kier molecular flexibility index (Phi) is 4.01. The summed E-state index contributed by atoms with van der Waals surface area (Å²) in [6.45, 7) is 4.67. The van der Waals surface area contributed by atoms with E-state index in [-0.39, 0.29) is 0 Å². The molecule has 0 aromatic heterocycles. The molecule has 0 bridgehead atoms. The molecule has 0 unspecified atom stereocenters. The molecule has 0 atom stereocenters. The van der Waals surface area contributed by atoms with Crippen molar-refractivity contribution in [2.75, 3.05) is 0 Å². The predicted molar refractivity (Wildman–Crippen MR) is 89.6 cm³/mol. The zero-order valence-corrected chi connectivity index (χ0v) is 14.2. The van der Waals surface area contributed by atoms with Gasteiger partial charge < -0.3 is 5.11 Å². The van der Waals surface area contributed by atoms with Gasteiger partial charge >= 0.3 is 5.97 Å². The van der Waals surface area contributed by atoms with Crippen LogP contribution in [0.25, 0.3) is 0 Å². The summed E-state index contributed by atoms with van der Waals surface area (Å²) >= 11 is 6.53. The highest BCUT2D eigenvalue weighted by Gasteiger charge is 2.46. The van der Waals surface area contributed by atoms with E-state index in [2.05, 4.69) is 19.9 Å². The number of aliphatic carboxylic acids is 1. The number of hydrogen-bond donors (Lipinski definition) is 1. The number of carbonyl (C=O) groups is 1. The number of halogens is 1. The molecule has 0 heterocycles. The van der Waals surface area contributed by atoms with E-state index in [0.29, 0.717) is 11.3 Å². The lowest BCUT2D eigenvalue weighted by Gasteiger charge is -2.39. The summed E-state index contributed by atoms with van der Waals surface area (Å²) in [5.74, 6) is -0.182. The molecule has 2 aliphatic rings. The van der Waals surface area contributed by atoms with E-state index in [1.54, 1.807) is 0 Å². The molecule has 22 heavy (non-hydrogen) atoms. The van der Waals surface area contributed by atoms with Crippen LogP contribution in [0.2, 0.25) is 5.02 Å². The number of hydrogen-bond acceptors (Lipinski definition) is 1. The van der Waals surface area contributed by atoms with E-state index in [0.717, 1.165) is 29.8 Å². The maximum absolute atomic E-state index is 11.6. The normalized spacial score (nSPS) is 23.8. The predicted octanol–water partition coefficient (Wildman–Crippen LogP) is 5.53. The molecule has 120 valence electrons. The molecule has 2 aliphatic carbocycles. The van der Waals surface area contributed by atoms with Crippen molar-refractivity contribution in [3.8, 4) is 0 Å². The zero-order valence-electron chi connectivity index (χ0n) is 13.5. The van der Waals surface area contributed by atoms with Gasteiger partial charge in [0.15, 0.2) is 0 Å². The first-order valence-electron chi connectivity index (χ1n) is 8.37. The van der Waals surface area contributed by atoms with Crippen LogP contribution < -0.4 is 0 Å². The van der Waals surface area contributed by atoms with E-state index in [9.17, 15) is 9.90 Å². The van der Waals surface area contributed by atoms with Crippen molar-refractivity contribution in [3.63, 3.8) is 0 Å². The summed E-state index contributed by atoms with van der Waals surface area (Å²) < 4.78 is 0. The molecule has 3 rings (SSSR count). The van der Waals surface area contributed by atoms with Crippen LogP contribution in [-0.2, 0) is 10.2 Å². The second-order valence-corrected chi connectivity index (χ2v) is 8.32. The maximum Gasteiger partial charge on any atom is 0.314 e. The first-order valence-corrected chi connectivity index (χ1v) is 8.75. The van der Waals surface area contributed by atoms with Gasteiger partial charge in [0, 0.05) is 5.02 Å². The van der Waals surface area contributed by atoms with Gasteiger partial charge in [-0.05, 0) is 67.1 Å². The van der Waals surface area contributed by atoms with Gasteiger partial charge in [-0.3, -0.25) is 4.79 Å². The van der Waals surface area contributed by atoms with Gasteiger partial charge in [-0.1, -0.05) is 44.0 Å². The summed E-state index contributed by atoms with van der Waals surface area (Å²) in [5, 5.41) is 10.3. The maximum atomic E-state index is 11.6. The Hall–Kier alpha value is -1.02. The number of carboxylic acids is 1. The lowest BCUT2D eigenvalue weighted by atomic mass is 9.64. The van der Waals surface area contributed by atoms with Crippen molar-refractivity contribution < 1.29 is 9.90 Å². The van der Waals surface area contributed by atoms with Crippen molar-refractivity contribution in [2.45, 2.75) is 70.1 Å². The van der Waals surface area contributed by atoms with Crippen LogP contribution in [0.5, 0.6) is 0 Å². The fourth-order valence-corrected chi connectivity index (χ4v) is 4.36. The van der Waals surface area contributed by atoms with Crippen molar-refractivity contribution in [3.05, 3.63) is 34.3 Å². The molecule has 1 N–H and O–H groups in total. The standard InChI is InChI=1S/C19H25ClO2/c1-18(2)10-6-13(7-11-18)15-5-4-14(12-16(15)20)19(17(21)22)8-3-9-19/h4-5,12-13H,3,6-11H2,1-2H3,(H,21,22). The molecule has 0 amide bonds. The second kappa shape index (κ2) is 5.56. The number of rotatable bonds is 3. The van der Waals surface area contributed by atoms with Crippen molar-refractivity contribution in [2.24, 2.45) is 5.41 Å². The largest absolute Gasteiger partial charge is 0.481 e. The monoisotopic (exact) mass is 320 g/mol. The molecule has 1 aromatic carbocycles. The van der Waals surface area contributed by atoms with Crippen molar-refractivity contribution >= 4 is 17.6 Å². The van der Waals surface area contributed by atoms with Crippen LogP contribution in [0.1, 0.15) is 75.8 Å². The van der Waals surface area contributed by atoms with Crippen LogP contribution in [0.3, 0.4) is 0 Å². The molecule has 0 radical (unpaired) electrons. The third kappa shape index (κ3) is 2.67. The van der Waals surface area contributed by atoms with Gasteiger partial charge in [0.05, 0.1) is 5.41 Å². The van der Waals surface area contributed by atoms with E-state index >= 15 is 0 Å². The van der Waals surface area contributed by atoms with E-state index in [4.69, 9.17) is 11.6 Å². The smallest absolute Gasteiger partial charge is 0.314 e. The second-order valence-electron chi connectivity index (χ2n) is 7.92. The first-order chi connectivity index (χ1) is 10.3. The minimum Gasteiger partial charge on any atom is -0.481 e. The molecule has 3 heteroatoms. The highest BCUT2D eigenvalue weighted by Crippen LogP contribution is 2.47. The molecular formula is C19H25ClO2. The van der Waals surface area contributed by atoms with Gasteiger partial charge in [0.25, 0.3) is 0 Å². The summed E-state index contributed by atoms with van der Waals surface area (Å²) in [5.41, 5.74) is 1.86. The highest BCUT2D eigenvalue weighted by atomic mass is 35.5. The highest BCUT2D eigenvalue weighted by molar-refractivity contribution is 6.31. The summed E-state index contributed by atoms with van der Waals surface area (Å²) in [7, 11) is 0. The zero-order chi connectivity index (χ0) is 16.0. The molecular weight excluding hydrogens is 296 g/mol. The van der Waals surface area contributed by atoms with Crippen LogP contribution in [0, 0.1) is 5.41 Å². The SMILES string of the molecule is CC1(C)CCC(c2ccc(C3(C(=O)O)CCC3)cc2Cl)CC1. The van der Waals surface area contributed by atoms with Crippen LogP contribution in [-0.4, -0.2) is 11.1 Å². The fourth-order valence-electron chi connectivity index (χ4n) is 4.02. The molecule has 2 saturated carbocycles. The van der Waals surface area contributed by atoms with Gasteiger partial charge in [-0.15, -0.1) is 0 Å². The molecule has 2 fully saturated rings. The number of carboxylic acid groups (broad SMARTS) is 1. The Labute approximate surface area is 137 Å². The average Bonchev–Trinajstić information content (AvgIpc) is 2.38. The Bertz CT molecular complexity index is 577. The molecule has 1 aromatic rings. The molecule has 0 saturated heterocycles. The molecule has 0 spiro atoms. The third-order valence-electron chi connectivity index (χ3n) is 5.95. The first kappa shape index (κ1) is 15.9. The topological polar surface area (TPSA) is 37.3 Å². The summed E-state index contributed by atoms with van der Waals surface area (Å²) in [6, 6.07) is 6.02. The fraction of sp³-hybridized carbons (Fsp3) is 0.632. The van der Waals surface area contributed by atoms with Crippen LogP contribution in [0.4, 0.5) is 0 Å². The van der Waals surface area contributed by atoms with E-state index in [1.807, 2.05) is 12.1 Å². The molecule has 0 aliphatic heterocycles. The number of benzene rings is 1. The lowest BCUT2D eigenvalue weighted by molar-refractivity contribution is -0.147. The Morgan fingerprint density at radius 3 is 2.27 bits per heavy atom. The summed E-state index contributed by atoms with van der Waals surface area (Å²) in [4.78, 5) is 11.6. The van der Waals surface area contributed by atoms with E-state index < -0.39 is 11.4 Å². The van der Waals surface area contributed by atoms with Crippen LogP contribution in [0.15, 0.2) is 18.2 Å².